The molecule has 0 aromatic heterocycles. The number of benzene rings is 4. The van der Waals surface area contributed by atoms with Gasteiger partial charge in [0.15, 0.2) is 21.2 Å². The van der Waals surface area contributed by atoms with Gasteiger partial charge >= 0.3 is 0 Å². The minimum absolute atomic E-state index is 0.0185. The van der Waals surface area contributed by atoms with Gasteiger partial charge in [-0.1, -0.05) is 41.4 Å². The molecule has 0 bridgehead atoms. The zero-order valence-electron chi connectivity index (χ0n) is 27.4. The van der Waals surface area contributed by atoms with E-state index in [1.165, 1.54) is 36.3 Å². The van der Waals surface area contributed by atoms with Gasteiger partial charge in [0, 0.05) is 17.3 Å². The Bertz CT molecular complexity index is 2200. The van der Waals surface area contributed by atoms with Crippen molar-refractivity contribution in [1.82, 2.24) is 0 Å². The Balaban J connectivity index is 1.22. The number of hydrogen-bond acceptors (Lipinski definition) is 7. The summed E-state index contributed by atoms with van der Waals surface area (Å²) in [4.78, 5) is 55.3. The maximum Gasteiger partial charge on any atom is 0.258 e. The molecule has 13 heteroatoms. The molecule has 2 aliphatic carbocycles. The Kier molecular flexibility index (Phi) is 8.13. The van der Waals surface area contributed by atoms with Crippen molar-refractivity contribution < 1.29 is 33.4 Å². The second kappa shape index (κ2) is 12.4. The van der Waals surface area contributed by atoms with E-state index in [4.69, 9.17) is 39.5 Å². The Morgan fingerprint density at radius 1 is 0.827 bits per heavy atom. The number of anilines is 4. The van der Waals surface area contributed by atoms with Crippen molar-refractivity contribution in [3.63, 3.8) is 0 Å². The molecule has 2 aliphatic heterocycles. The predicted molar refractivity (Wildman–Crippen MR) is 195 cm³/mol. The minimum atomic E-state index is -2.17. The number of phenolic OH excluding ortho intramolecular Hbond substituents is 1. The van der Waals surface area contributed by atoms with Gasteiger partial charge in [-0.2, -0.15) is 0 Å². The molecule has 52 heavy (non-hydrogen) atoms. The number of hydrogen-bond donors (Lipinski definition) is 2. The number of carbonyl (C=O) groups is 4. The second-order valence-electron chi connectivity index (χ2n) is 13.4. The van der Waals surface area contributed by atoms with Crippen LogP contribution in [0.4, 0.5) is 27.1 Å². The molecule has 6 atom stereocenters. The van der Waals surface area contributed by atoms with Crippen LogP contribution in [0.5, 0.6) is 11.5 Å². The van der Waals surface area contributed by atoms with Gasteiger partial charge in [0.2, 0.25) is 11.8 Å². The van der Waals surface area contributed by atoms with Gasteiger partial charge in [0.25, 0.3) is 11.8 Å². The van der Waals surface area contributed by atoms with Gasteiger partial charge in [0.05, 0.1) is 35.3 Å². The number of nitrogens with zero attached hydrogens (tertiary/aromatic N) is 2. The Labute approximate surface area is 312 Å². The van der Waals surface area contributed by atoms with Crippen LogP contribution in [0.3, 0.4) is 0 Å². The van der Waals surface area contributed by atoms with Gasteiger partial charge in [-0.05, 0) is 97.1 Å². The number of imide groups is 2. The number of ether oxygens (including phenoxy) is 1. The largest absolute Gasteiger partial charge is 0.503 e. The normalized spacial score (nSPS) is 28.0. The number of rotatable bonds is 6. The highest BCUT2D eigenvalue weighted by Crippen LogP contribution is 2.66. The average molecular weight is 761 g/mol. The second-order valence-corrected chi connectivity index (χ2v) is 15.0. The number of phenols is 1. The number of aromatic hydroxyl groups is 1. The smallest absolute Gasteiger partial charge is 0.258 e. The van der Waals surface area contributed by atoms with E-state index in [-0.39, 0.29) is 35.1 Å². The molecule has 2 saturated heterocycles. The van der Waals surface area contributed by atoms with Crippen molar-refractivity contribution in [3.05, 3.63) is 119 Å². The lowest BCUT2D eigenvalue weighted by Gasteiger charge is -2.50. The van der Waals surface area contributed by atoms with E-state index in [0.717, 1.165) is 28.4 Å². The highest BCUT2D eigenvalue weighted by molar-refractivity contribution is 6.58. The zero-order valence-corrected chi connectivity index (χ0v) is 29.6. The number of amides is 4. The van der Waals surface area contributed by atoms with Crippen molar-refractivity contribution in [3.8, 4) is 11.5 Å². The zero-order chi connectivity index (χ0) is 36.7. The number of para-hydroxylation sites is 1. The maximum absolute atomic E-state index is 14.6. The van der Waals surface area contributed by atoms with Crippen molar-refractivity contribution in [2.75, 3.05) is 22.2 Å². The molecule has 4 amide bonds. The molecule has 264 valence electrons. The lowest BCUT2D eigenvalue weighted by Crippen LogP contribution is -2.60. The van der Waals surface area contributed by atoms with Gasteiger partial charge < -0.3 is 15.2 Å². The van der Waals surface area contributed by atoms with Crippen LogP contribution in [0.2, 0.25) is 5.02 Å². The van der Waals surface area contributed by atoms with E-state index in [9.17, 15) is 28.7 Å². The van der Waals surface area contributed by atoms with Crippen molar-refractivity contribution in [2.45, 2.75) is 28.5 Å². The molecular formula is C39H29Cl3FN3O6. The van der Waals surface area contributed by atoms with Crippen molar-refractivity contribution in [1.29, 1.82) is 0 Å². The summed E-state index contributed by atoms with van der Waals surface area (Å²) < 4.78 is 19.3. The predicted octanol–water partition coefficient (Wildman–Crippen LogP) is 7.70. The standard InChI is InChI=1S/C39H29Cl3FN3O6/c1-52-30-18-20(17-29(40)33(30)47)32-26-15-16-27-31(35(49)45(34(27)48)24-13-9-23(10-14-24)44-22-5-3-2-4-6-22)28(26)19-38(41)36(50)46(37(51)39(32,38)42)25-11-7-21(43)8-12-25/h2-15,17-18,27-28,31-32,44,47H,16,19H2,1H3/t27-,28+,31-,32-,38+,39-/m0/s1. The summed E-state index contributed by atoms with van der Waals surface area (Å²) in [6.45, 7) is 0. The van der Waals surface area contributed by atoms with Gasteiger partial charge in [-0.25, -0.2) is 9.29 Å². The fraction of sp³-hybridized carbons (Fsp3) is 0.231. The van der Waals surface area contributed by atoms with E-state index in [0.29, 0.717) is 16.8 Å². The van der Waals surface area contributed by atoms with E-state index >= 15 is 0 Å². The fourth-order valence-electron chi connectivity index (χ4n) is 8.33. The molecule has 1 saturated carbocycles. The first-order valence-electron chi connectivity index (χ1n) is 16.5. The van der Waals surface area contributed by atoms with E-state index in [1.807, 2.05) is 30.3 Å². The number of alkyl halides is 2. The average Bonchev–Trinajstić information content (AvgIpc) is 3.48. The van der Waals surface area contributed by atoms with Gasteiger partial charge in [-0.3, -0.25) is 24.1 Å². The first-order chi connectivity index (χ1) is 24.9. The van der Waals surface area contributed by atoms with Crippen LogP contribution < -0.4 is 19.9 Å². The van der Waals surface area contributed by atoms with Crippen LogP contribution in [0.1, 0.15) is 24.3 Å². The minimum Gasteiger partial charge on any atom is -0.503 e. The van der Waals surface area contributed by atoms with Crippen LogP contribution >= 0.6 is 34.8 Å². The first kappa shape index (κ1) is 34.2. The van der Waals surface area contributed by atoms with E-state index in [1.54, 1.807) is 30.3 Å². The van der Waals surface area contributed by atoms with Gasteiger partial charge in [0.1, 0.15) is 5.82 Å². The SMILES string of the molecule is COc1cc([C@H]2C3=CC[C@@H]4C(=O)N(c5ccc(Nc6ccccc6)cc5)C(=O)[C@@H]4[C@@H]3C[C@@]3(Cl)C(=O)N(c4ccc(F)cc4)C(=O)[C@@]23Cl)cc(Cl)c1O. The topological polar surface area (TPSA) is 116 Å². The summed E-state index contributed by atoms with van der Waals surface area (Å²) >= 11 is 21.3. The number of carbonyl (C=O) groups excluding carboxylic acids is 4. The summed E-state index contributed by atoms with van der Waals surface area (Å²) in [5, 5.41) is 13.8. The summed E-state index contributed by atoms with van der Waals surface area (Å²) in [5.41, 5.74) is 2.90. The molecule has 8 rings (SSSR count). The third kappa shape index (κ3) is 4.88. The third-order valence-corrected chi connectivity index (χ3v) is 12.4. The molecule has 2 N–H and O–H groups in total. The Morgan fingerprint density at radius 2 is 1.46 bits per heavy atom. The van der Waals surface area contributed by atoms with Crippen LogP contribution in [0.25, 0.3) is 0 Å². The fourth-order valence-corrected chi connectivity index (χ4v) is 9.48. The molecule has 3 fully saturated rings. The number of nitrogens with one attached hydrogen (secondary N) is 1. The highest BCUT2D eigenvalue weighted by atomic mass is 35.5. The first-order valence-corrected chi connectivity index (χ1v) is 17.6. The molecule has 2 heterocycles. The van der Waals surface area contributed by atoms with Crippen LogP contribution in [-0.2, 0) is 19.2 Å². The lowest BCUT2D eigenvalue weighted by atomic mass is 9.56. The van der Waals surface area contributed by atoms with E-state index < -0.39 is 62.9 Å². The third-order valence-electron chi connectivity index (χ3n) is 10.7. The number of allylic oxidation sites excluding steroid dienone is 2. The van der Waals surface area contributed by atoms with Crippen LogP contribution in [-0.4, -0.2) is 45.6 Å². The molecule has 0 spiro atoms. The summed E-state index contributed by atoms with van der Waals surface area (Å²) in [6, 6.07) is 24.1. The monoisotopic (exact) mass is 759 g/mol. The Morgan fingerprint density at radius 3 is 2.13 bits per heavy atom. The van der Waals surface area contributed by atoms with Crippen molar-refractivity contribution in [2.24, 2.45) is 17.8 Å². The maximum atomic E-state index is 14.6. The summed E-state index contributed by atoms with van der Waals surface area (Å²) in [5.74, 6) is -7.20. The Hall–Kier alpha value is -4.90. The number of fused-ring (bicyclic) bond motifs is 4. The van der Waals surface area contributed by atoms with Crippen LogP contribution in [0.15, 0.2) is 103 Å². The molecule has 4 aromatic carbocycles. The quantitative estimate of drug-likeness (QED) is 0.118. The van der Waals surface area contributed by atoms with Crippen molar-refractivity contribution >= 4 is 81.2 Å². The van der Waals surface area contributed by atoms with Crippen LogP contribution in [0, 0.1) is 23.6 Å². The summed E-state index contributed by atoms with van der Waals surface area (Å²) in [7, 11) is 1.33. The molecule has 0 unspecified atom stereocenters. The molecule has 4 aliphatic rings. The lowest BCUT2D eigenvalue weighted by molar-refractivity contribution is -0.125. The van der Waals surface area contributed by atoms with E-state index in [2.05, 4.69) is 5.32 Å². The number of methoxy groups -OCH3 is 1. The highest BCUT2D eigenvalue weighted by Gasteiger charge is 2.76. The molecule has 0 radical (unpaired) electrons. The molecule has 9 nitrogen and oxygen atoms in total. The molecule has 4 aromatic rings. The summed E-state index contributed by atoms with van der Waals surface area (Å²) in [6.07, 6.45) is 1.69. The number of halogens is 4. The molecular weight excluding hydrogens is 732 g/mol. The van der Waals surface area contributed by atoms with Gasteiger partial charge in [-0.15, -0.1) is 23.2 Å².